The van der Waals surface area contributed by atoms with Gasteiger partial charge in [-0.1, -0.05) is 98.9 Å². The number of hydrogen-bond acceptors (Lipinski definition) is 4. The fraction of sp³-hybridized carbons (Fsp3) is 0.268. The Hall–Kier alpha value is -4.21. The van der Waals surface area contributed by atoms with Crippen LogP contribution in [0, 0.1) is 26.0 Å². The number of aliphatic imine (C=N–C) groups is 1. The van der Waals surface area contributed by atoms with Crippen molar-refractivity contribution in [3.8, 4) is 17.3 Å². The summed E-state index contributed by atoms with van der Waals surface area (Å²) in [6, 6.07) is 36.2. The van der Waals surface area contributed by atoms with Crippen LogP contribution in [0.25, 0.3) is 27.6 Å². The predicted octanol–water partition coefficient (Wildman–Crippen LogP) is 9.95. The Kier molecular flexibility index (Phi) is 8.21. The molecule has 1 aliphatic rings. The molecule has 0 saturated carbocycles. The fourth-order valence-electron chi connectivity index (χ4n) is 6.30. The van der Waals surface area contributed by atoms with E-state index in [1.807, 2.05) is 49.5 Å². The van der Waals surface area contributed by atoms with Crippen molar-refractivity contribution >= 4 is 27.7 Å². The molecule has 0 amide bonds. The van der Waals surface area contributed by atoms with Crippen LogP contribution in [0.15, 0.2) is 96.1 Å². The monoisotopic (exact) mass is 800 g/mol. The van der Waals surface area contributed by atoms with E-state index in [1.165, 1.54) is 11.1 Å². The Morgan fingerprint density at radius 2 is 1.55 bits per heavy atom. The molecule has 1 atom stereocenters. The maximum absolute atomic E-state index is 6.64. The molecule has 0 fully saturated rings. The summed E-state index contributed by atoms with van der Waals surface area (Å²) < 4.78 is 15.3. The summed E-state index contributed by atoms with van der Waals surface area (Å²) in [5.41, 5.74) is 6.17. The van der Waals surface area contributed by atoms with E-state index in [1.54, 1.807) is 0 Å². The van der Waals surface area contributed by atoms with E-state index in [0.717, 1.165) is 44.3 Å². The van der Waals surface area contributed by atoms with Gasteiger partial charge in [0.25, 0.3) is 0 Å². The van der Waals surface area contributed by atoms with Gasteiger partial charge < -0.3 is 14.0 Å². The molecule has 2 aromatic heterocycles. The third-order valence-corrected chi connectivity index (χ3v) is 9.26. The molecule has 0 aliphatic carbocycles. The molecular formula is C41H39N3O2Pt. The molecule has 7 rings (SSSR count). The SMILES string of the molecule is Cc1cc(Oc2[c-]c3c(cc2)c2cc(C)ccc2n3-c2cc(C(C)(C)C)ccn2)[c-]c(C2=NC(C)(C)[C@](C)(c3ccccc3)O2)c1.[Pt+2]. The van der Waals surface area contributed by atoms with Gasteiger partial charge in [0.15, 0.2) is 0 Å². The summed E-state index contributed by atoms with van der Waals surface area (Å²) >= 11 is 0. The zero-order valence-corrected chi connectivity index (χ0v) is 30.4. The molecule has 3 heterocycles. The fourth-order valence-corrected chi connectivity index (χ4v) is 6.30. The minimum atomic E-state index is -0.620. The van der Waals surface area contributed by atoms with Crippen LogP contribution in [0.2, 0.25) is 0 Å². The van der Waals surface area contributed by atoms with Gasteiger partial charge in [-0.25, -0.2) is 4.98 Å². The Morgan fingerprint density at radius 3 is 2.30 bits per heavy atom. The number of aromatic nitrogens is 2. The van der Waals surface area contributed by atoms with Crippen LogP contribution in [-0.4, -0.2) is 21.0 Å². The molecule has 6 heteroatoms. The van der Waals surface area contributed by atoms with Crippen LogP contribution in [0.1, 0.15) is 69.4 Å². The average Bonchev–Trinajstić information content (AvgIpc) is 3.46. The Bertz CT molecular complexity index is 2160. The number of nitrogens with zero attached hydrogens (tertiary/aromatic N) is 3. The summed E-state index contributed by atoms with van der Waals surface area (Å²) in [6.45, 7) is 17.1. The molecule has 240 valence electrons. The second-order valence-corrected chi connectivity index (χ2v) is 14.1. The Labute approximate surface area is 291 Å². The van der Waals surface area contributed by atoms with Gasteiger partial charge >= 0.3 is 21.1 Å². The van der Waals surface area contributed by atoms with Gasteiger partial charge in [-0.2, -0.15) is 6.07 Å². The minimum absolute atomic E-state index is 0. The third-order valence-electron chi connectivity index (χ3n) is 9.26. The number of ether oxygens (including phenoxy) is 2. The summed E-state index contributed by atoms with van der Waals surface area (Å²) in [6.07, 6.45) is 1.89. The smallest absolute Gasteiger partial charge is 0.508 e. The summed E-state index contributed by atoms with van der Waals surface area (Å²) in [4.78, 5) is 9.85. The van der Waals surface area contributed by atoms with Gasteiger partial charge in [0.1, 0.15) is 17.3 Å². The van der Waals surface area contributed by atoms with E-state index >= 15 is 0 Å². The predicted molar refractivity (Wildman–Crippen MR) is 186 cm³/mol. The Balaban J connectivity index is 0.00000386. The molecule has 4 aromatic carbocycles. The van der Waals surface area contributed by atoms with Gasteiger partial charge in [-0.05, 0) is 67.8 Å². The first-order valence-corrected chi connectivity index (χ1v) is 15.8. The molecule has 0 unspecified atom stereocenters. The first kappa shape index (κ1) is 32.7. The number of aryl methyl sites for hydroxylation is 2. The maximum atomic E-state index is 6.64. The van der Waals surface area contributed by atoms with E-state index in [-0.39, 0.29) is 26.5 Å². The number of fused-ring (bicyclic) bond motifs is 3. The molecule has 47 heavy (non-hydrogen) atoms. The van der Waals surface area contributed by atoms with Crippen LogP contribution < -0.4 is 4.74 Å². The molecule has 0 bridgehead atoms. The molecular weight excluding hydrogens is 762 g/mol. The molecule has 5 nitrogen and oxygen atoms in total. The number of benzene rings is 4. The van der Waals surface area contributed by atoms with Gasteiger partial charge in [0.05, 0.1) is 5.54 Å². The average molecular weight is 801 g/mol. The minimum Gasteiger partial charge on any atom is -0.508 e. The van der Waals surface area contributed by atoms with Crippen molar-refractivity contribution in [2.45, 2.75) is 71.9 Å². The molecule has 6 aromatic rings. The van der Waals surface area contributed by atoms with Crippen molar-refractivity contribution < 1.29 is 30.5 Å². The van der Waals surface area contributed by atoms with E-state index in [9.17, 15) is 0 Å². The van der Waals surface area contributed by atoms with E-state index < -0.39 is 11.1 Å². The third kappa shape index (κ3) is 5.80. The molecule has 0 saturated heterocycles. The van der Waals surface area contributed by atoms with E-state index in [4.69, 9.17) is 19.5 Å². The maximum Gasteiger partial charge on any atom is 2.00 e. The van der Waals surface area contributed by atoms with Gasteiger partial charge in [-0.15, -0.1) is 29.1 Å². The van der Waals surface area contributed by atoms with E-state index in [0.29, 0.717) is 17.4 Å². The number of rotatable bonds is 5. The van der Waals surface area contributed by atoms with Crippen LogP contribution in [-0.2, 0) is 36.8 Å². The first-order valence-electron chi connectivity index (χ1n) is 15.8. The summed E-state index contributed by atoms with van der Waals surface area (Å²) in [5, 5.41) is 2.25. The second kappa shape index (κ2) is 11.8. The Morgan fingerprint density at radius 1 is 0.787 bits per heavy atom. The molecule has 1 aliphatic heterocycles. The first-order chi connectivity index (χ1) is 21.8. The van der Waals surface area contributed by atoms with Gasteiger partial charge in [-0.3, -0.25) is 4.99 Å². The van der Waals surface area contributed by atoms with Crippen molar-refractivity contribution in [3.63, 3.8) is 0 Å². The summed E-state index contributed by atoms with van der Waals surface area (Å²) in [7, 11) is 0. The van der Waals surface area contributed by atoms with Gasteiger partial charge in [0, 0.05) is 23.2 Å². The number of pyridine rings is 1. The van der Waals surface area contributed by atoms with Crippen LogP contribution in [0.4, 0.5) is 0 Å². The standard InChI is InChI=1S/C41H39N3O2.Pt/c1-26-14-17-35-34(22-26)33-16-15-31(25-36(33)44(35)37-24-30(18-19-42-37)39(3,4)5)45-32-21-27(2)20-28(23-32)38-43-40(6,7)41(8,46-38)29-12-10-9-11-13-29;/h9-22,24H,1-8H3;/q-2;+2/t41-;/m0./s1. The molecule has 0 radical (unpaired) electrons. The van der Waals surface area contributed by atoms with Crippen LogP contribution >= 0.6 is 0 Å². The largest absolute Gasteiger partial charge is 2.00 e. The van der Waals surface area contributed by atoms with Crippen molar-refractivity contribution in [1.29, 1.82) is 0 Å². The van der Waals surface area contributed by atoms with Crippen molar-refractivity contribution in [2.24, 2.45) is 4.99 Å². The molecule has 0 spiro atoms. The van der Waals surface area contributed by atoms with Crippen molar-refractivity contribution in [1.82, 2.24) is 9.55 Å². The van der Waals surface area contributed by atoms with E-state index in [2.05, 4.69) is 114 Å². The zero-order chi connectivity index (χ0) is 32.4. The topological polar surface area (TPSA) is 48.6 Å². The van der Waals surface area contributed by atoms with Crippen LogP contribution in [0.5, 0.6) is 11.5 Å². The quantitative estimate of drug-likeness (QED) is 0.163. The normalized spacial score (nSPS) is 17.3. The summed E-state index contributed by atoms with van der Waals surface area (Å²) in [5.74, 6) is 2.59. The van der Waals surface area contributed by atoms with Crippen molar-refractivity contribution in [3.05, 3.63) is 131 Å². The van der Waals surface area contributed by atoms with Crippen molar-refractivity contribution in [2.75, 3.05) is 0 Å². The van der Waals surface area contributed by atoms with Gasteiger partial charge in [0.2, 0.25) is 0 Å². The van der Waals surface area contributed by atoms with Crippen LogP contribution in [0.3, 0.4) is 0 Å². The molecule has 0 N–H and O–H groups in total. The number of hydrogen-bond donors (Lipinski definition) is 0. The second-order valence-electron chi connectivity index (χ2n) is 14.1. The zero-order valence-electron chi connectivity index (χ0n) is 28.1.